The van der Waals surface area contributed by atoms with Crippen LogP contribution in [0.25, 0.3) is 0 Å². The number of hydrogen-bond acceptors (Lipinski definition) is 2. The fourth-order valence-electron chi connectivity index (χ4n) is 2.27. The first-order chi connectivity index (χ1) is 10.6. The van der Waals surface area contributed by atoms with E-state index >= 15 is 0 Å². The first-order valence-electron chi connectivity index (χ1n) is 7.31. The fourth-order valence-corrected chi connectivity index (χ4v) is 2.50. The van der Waals surface area contributed by atoms with E-state index in [1.807, 2.05) is 44.4 Å². The zero-order valence-electron chi connectivity index (χ0n) is 12.9. The van der Waals surface area contributed by atoms with Gasteiger partial charge in [-0.05, 0) is 38.2 Å². The topological polar surface area (TPSA) is 32.3 Å². The third-order valence-electron chi connectivity index (χ3n) is 3.66. The largest absolute Gasteiger partial charge is 0.350 e. The van der Waals surface area contributed by atoms with Gasteiger partial charge in [-0.15, -0.1) is 0 Å². The lowest BCUT2D eigenvalue weighted by Gasteiger charge is -2.25. The molecular weight excluding hydrogens is 296 g/mol. The van der Waals surface area contributed by atoms with Crippen LogP contribution in [-0.2, 0) is 6.42 Å². The van der Waals surface area contributed by atoms with E-state index in [9.17, 15) is 4.79 Å². The Morgan fingerprint density at radius 2 is 1.73 bits per heavy atom. The zero-order chi connectivity index (χ0) is 15.9. The van der Waals surface area contributed by atoms with Crippen molar-refractivity contribution < 1.29 is 4.79 Å². The monoisotopic (exact) mass is 316 g/mol. The molecule has 2 aromatic carbocycles. The molecular formula is C18H21ClN2O. The minimum atomic E-state index is -0.134. The second-order valence-corrected chi connectivity index (χ2v) is 5.90. The molecule has 0 bridgehead atoms. The minimum absolute atomic E-state index is 0.134. The molecule has 22 heavy (non-hydrogen) atoms. The van der Waals surface area contributed by atoms with E-state index in [0.29, 0.717) is 17.1 Å². The SMILES string of the molecule is CN(C)C(CNC(=O)c1ccccc1Cl)Cc1ccccc1. The molecule has 0 heterocycles. The number of nitrogens with one attached hydrogen (secondary N) is 1. The van der Waals surface area contributed by atoms with Gasteiger partial charge in [0.2, 0.25) is 0 Å². The molecule has 116 valence electrons. The third-order valence-corrected chi connectivity index (χ3v) is 3.99. The Hall–Kier alpha value is -1.84. The summed E-state index contributed by atoms with van der Waals surface area (Å²) in [4.78, 5) is 14.4. The number of carbonyl (C=O) groups is 1. The van der Waals surface area contributed by atoms with Crippen molar-refractivity contribution in [1.29, 1.82) is 0 Å². The fraction of sp³-hybridized carbons (Fsp3) is 0.278. The summed E-state index contributed by atoms with van der Waals surface area (Å²) in [5.41, 5.74) is 1.77. The van der Waals surface area contributed by atoms with Gasteiger partial charge in [-0.1, -0.05) is 54.1 Å². The molecule has 2 rings (SSSR count). The molecule has 0 saturated heterocycles. The van der Waals surface area contributed by atoms with Crippen LogP contribution in [0.4, 0.5) is 0 Å². The molecule has 0 aliphatic carbocycles. The summed E-state index contributed by atoms with van der Waals surface area (Å²) in [7, 11) is 4.05. The van der Waals surface area contributed by atoms with E-state index < -0.39 is 0 Å². The molecule has 2 aromatic rings. The van der Waals surface area contributed by atoms with Gasteiger partial charge in [-0.3, -0.25) is 4.79 Å². The molecule has 3 nitrogen and oxygen atoms in total. The summed E-state index contributed by atoms with van der Waals surface area (Å²) in [5.74, 6) is -0.134. The highest BCUT2D eigenvalue weighted by molar-refractivity contribution is 6.33. The second kappa shape index (κ2) is 7.97. The zero-order valence-corrected chi connectivity index (χ0v) is 13.7. The van der Waals surface area contributed by atoms with Crippen LogP contribution in [0.3, 0.4) is 0 Å². The normalized spacial score (nSPS) is 12.2. The maximum atomic E-state index is 12.2. The molecule has 0 saturated carbocycles. The molecule has 1 unspecified atom stereocenters. The molecule has 4 heteroatoms. The van der Waals surface area contributed by atoms with Crippen molar-refractivity contribution >= 4 is 17.5 Å². The van der Waals surface area contributed by atoms with Crippen LogP contribution in [0, 0.1) is 0 Å². The van der Waals surface area contributed by atoms with Crippen molar-refractivity contribution in [2.75, 3.05) is 20.6 Å². The number of likely N-dealkylation sites (N-methyl/N-ethyl adjacent to an activating group) is 1. The van der Waals surface area contributed by atoms with Crippen molar-refractivity contribution in [1.82, 2.24) is 10.2 Å². The van der Waals surface area contributed by atoms with E-state index in [4.69, 9.17) is 11.6 Å². The molecule has 0 aliphatic rings. The summed E-state index contributed by atoms with van der Waals surface area (Å²) in [6.45, 7) is 0.575. The Bertz CT molecular complexity index is 613. The number of benzene rings is 2. The van der Waals surface area contributed by atoms with Gasteiger partial charge in [0.25, 0.3) is 5.91 Å². The molecule has 0 radical (unpaired) electrons. The molecule has 0 spiro atoms. The lowest BCUT2D eigenvalue weighted by Crippen LogP contribution is -2.41. The van der Waals surface area contributed by atoms with Gasteiger partial charge in [-0.2, -0.15) is 0 Å². The molecule has 1 N–H and O–H groups in total. The highest BCUT2D eigenvalue weighted by Crippen LogP contribution is 2.14. The predicted octanol–water partition coefficient (Wildman–Crippen LogP) is 3.24. The summed E-state index contributed by atoms with van der Waals surface area (Å²) in [5, 5.41) is 3.45. The molecule has 1 atom stereocenters. The van der Waals surface area contributed by atoms with Crippen LogP contribution in [0.15, 0.2) is 54.6 Å². The Labute approximate surface area is 136 Å². The number of hydrogen-bond donors (Lipinski definition) is 1. The maximum absolute atomic E-state index is 12.2. The van der Waals surface area contributed by atoms with E-state index in [-0.39, 0.29) is 11.9 Å². The van der Waals surface area contributed by atoms with Crippen LogP contribution < -0.4 is 5.32 Å². The van der Waals surface area contributed by atoms with Gasteiger partial charge in [0.05, 0.1) is 10.6 Å². The first kappa shape index (κ1) is 16.5. The maximum Gasteiger partial charge on any atom is 0.252 e. The smallest absolute Gasteiger partial charge is 0.252 e. The van der Waals surface area contributed by atoms with Crippen molar-refractivity contribution in [3.8, 4) is 0 Å². The second-order valence-electron chi connectivity index (χ2n) is 5.50. The van der Waals surface area contributed by atoms with Gasteiger partial charge >= 0.3 is 0 Å². The summed E-state index contributed by atoms with van der Waals surface area (Å²) >= 11 is 6.06. The van der Waals surface area contributed by atoms with Crippen LogP contribution in [0.5, 0.6) is 0 Å². The molecule has 0 fully saturated rings. The van der Waals surface area contributed by atoms with Crippen molar-refractivity contribution in [2.45, 2.75) is 12.5 Å². The van der Waals surface area contributed by atoms with Crippen molar-refractivity contribution in [3.05, 3.63) is 70.7 Å². The predicted molar refractivity (Wildman–Crippen MR) is 91.4 cm³/mol. The summed E-state index contributed by atoms with van der Waals surface area (Å²) < 4.78 is 0. The van der Waals surface area contributed by atoms with Gasteiger partial charge in [0.15, 0.2) is 0 Å². The number of carbonyl (C=O) groups excluding carboxylic acids is 1. The van der Waals surface area contributed by atoms with Crippen molar-refractivity contribution in [2.24, 2.45) is 0 Å². The molecule has 0 aliphatic heterocycles. The highest BCUT2D eigenvalue weighted by atomic mass is 35.5. The van der Waals surface area contributed by atoms with E-state index in [1.165, 1.54) is 5.56 Å². The van der Waals surface area contributed by atoms with E-state index in [1.54, 1.807) is 12.1 Å². The van der Waals surface area contributed by atoms with Crippen molar-refractivity contribution in [3.63, 3.8) is 0 Å². The molecule has 1 amide bonds. The van der Waals surface area contributed by atoms with Crippen LogP contribution in [0.1, 0.15) is 15.9 Å². The Kier molecular flexibility index (Phi) is 5.99. The minimum Gasteiger partial charge on any atom is -0.350 e. The summed E-state index contributed by atoms with van der Waals surface area (Å²) in [6, 6.07) is 17.6. The lowest BCUT2D eigenvalue weighted by atomic mass is 10.0. The Morgan fingerprint density at radius 3 is 2.36 bits per heavy atom. The van der Waals surface area contributed by atoms with Gasteiger partial charge in [0, 0.05) is 12.6 Å². The Balaban J connectivity index is 1.97. The average Bonchev–Trinajstić information content (AvgIpc) is 2.52. The average molecular weight is 317 g/mol. The first-order valence-corrected chi connectivity index (χ1v) is 7.69. The lowest BCUT2D eigenvalue weighted by molar-refractivity contribution is 0.0942. The molecule has 0 aromatic heterocycles. The Morgan fingerprint density at radius 1 is 1.09 bits per heavy atom. The van der Waals surface area contributed by atoms with Crippen LogP contribution >= 0.6 is 11.6 Å². The van der Waals surface area contributed by atoms with E-state index in [2.05, 4.69) is 22.3 Å². The number of amides is 1. The van der Waals surface area contributed by atoms with Crippen LogP contribution in [0.2, 0.25) is 5.02 Å². The standard InChI is InChI=1S/C18H21ClN2O/c1-21(2)15(12-14-8-4-3-5-9-14)13-20-18(22)16-10-6-7-11-17(16)19/h3-11,15H,12-13H2,1-2H3,(H,20,22). The van der Waals surface area contributed by atoms with Crippen LogP contribution in [-0.4, -0.2) is 37.5 Å². The van der Waals surface area contributed by atoms with Gasteiger partial charge < -0.3 is 10.2 Å². The quantitative estimate of drug-likeness (QED) is 0.887. The third kappa shape index (κ3) is 4.58. The van der Waals surface area contributed by atoms with E-state index in [0.717, 1.165) is 6.42 Å². The number of rotatable bonds is 6. The van der Waals surface area contributed by atoms with Gasteiger partial charge in [0.1, 0.15) is 0 Å². The highest BCUT2D eigenvalue weighted by Gasteiger charge is 2.15. The number of nitrogens with zero attached hydrogens (tertiary/aromatic N) is 1. The number of halogens is 1. The summed E-state index contributed by atoms with van der Waals surface area (Å²) in [6.07, 6.45) is 0.886. The van der Waals surface area contributed by atoms with Gasteiger partial charge in [-0.25, -0.2) is 0 Å².